The summed E-state index contributed by atoms with van der Waals surface area (Å²) in [5, 5.41) is 2.91. The monoisotopic (exact) mass is 407 g/mol. The molecule has 0 bridgehead atoms. The van der Waals surface area contributed by atoms with E-state index in [0.29, 0.717) is 25.6 Å². The van der Waals surface area contributed by atoms with Crippen LogP contribution in [0.15, 0.2) is 47.6 Å². The summed E-state index contributed by atoms with van der Waals surface area (Å²) in [4.78, 5) is 16.4. The average molecular weight is 408 g/mol. The van der Waals surface area contributed by atoms with Crippen LogP contribution in [-0.4, -0.2) is 36.7 Å². The van der Waals surface area contributed by atoms with Crippen LogP contribution in [0.5, 0.6) is 0 Å². The maximum Gasteiger partial charge on any atom is 0.251 e. The summed E-state index contributed by atoms with van der Waals surface area (Å²) in [6, 6.07) is 7.95. The highest BCUT2D eigenvalue weighted by Crippen LogP contribution is 2.29. The molecule has 8 heteroatoms. The molecule has 1 aromatic heterocycles. The Hall–Kier alpha value is -1.96. The van der Waals surface area contributed by atoms with Crippen LogP contribution in [-0.2, 0) is 16.6 Å². The van der Waals surface area contributed by atoms with Gasteiger partial charge in [0.2, 0.25) is 10.0 Å². The summed E-state index contributed by atoms with van der Waals surface area (Å²) in [7, 11) is -3.74. The molecule has 1 unspecified atom stereocenters. The van der Waals surface area contributed by atoms with Crippen molar-refractivity contribution in [2.45, 2.75) is 31.2 Å². The van der Waals surface area contributed by atoms with Gasteiger partial charge in [0.15, 0.2) is 0 Å². The van der Waals surface area contributed by atoms with E-state index in [4.69, 9.17) is 11.6 Å². The van der Waals surface area contributed by atoms with E-state index in [-0.39, 0.29) is 21.4 Å². The van der Waals surface area contributed by atoms with Crippen LogP contribution in [0, 0.1) is 5.92 Å². The fraction of sp³-hybridized carbons (Fsp3) is 0.368. The van der Waals surface area contributed by atoms with Gasteiger partial charge < -0.3 is 5.32 Å². The number of carbonyl (C=O) groups is 1. The van der Waals surface area contributed by atoms with E-state index in [1.165, 1.54) is 22.5 Å². The molecule has 6 nitrogen and oxygen atoms in total. The largest absolute Gasteiger partial charge is 0.348 e. The number of halogens is 1. The van der Waals surface area contributed by atoms with Gasteiger partial charge in [0.05, 0.1) is 5.02 Å². The Morgan fingerprint density at radius 1 is 1.30 bits per heavy atom. The van der Waals surface area contributed by atoms with Crippen LogP contribution in [0.3, 0.4) is 0 Å². The SMILES string of the molecule is CC1CCCN(S(=O)(=O)c2cc(C(=O)NCc3ccncc3)ccc2Cl)C1. The van der Waals surface area contributed by atoms with Gasteiger partial charge in [-0.3, -0.25) is 9.78 Å². The fourth-order valence-corrected chi connectivity index (χ4v) is 5.23. The number of rotatable bonds is 5. The molecule has 1 N–H and O–H groups in total. The molecular formula is C19H22ClN3O3S. The van der Waals surface area contributed by atoms with Crippen molar-refractivity contribution >= 4 is 27.5 Å². The number of aromatic nitrogens is 1. The molecule has 2 heterocycles. The molecule has 1 amide bonds. The Bertz CT molecular complexity index is 919. The summed E-state index contributed by atoms with van der Waals surface area (Å²) in [5.41, 5.74) is 1.17. The van der Waals surface area contributed by atoms with Gasteiger partial charge in [-0.2, -0.15) is 4.31 Å². The number of benzene rings is 1. The summed E-state index contributed by atoms with van der Waals surface area (Å²) in [5.74, 6) is -0.0499. The lowest BCUT2D eigenvalue weighted by Crippen LogP contribution is -2.39. The summed E-state index contributed by atoms with van der Waals surface area (Å²) < 4.78 is 27.5. The van der Waals surface area contributed by atoms with E-state index < -0.39 is 10.0 Å². The van der Waals surface area contributed by atoms with Crippen LogP contribution >= 0.6 is 11.6 Å². The minimum atomic E-state index is -3.74. The third-order valence-electron chi connectivity index (χ3n) is 4.63. The molecule has 1 aliphatic heterocycles. The van der Waals surface area contributed by atoms with Crippen LogP contribution in [0.2, 0.25) is 5.02 Å². The normalized spacial score (nSPS) is 18.2. The van der Waals surface area contributed by atoms with Crippen LogP contribution in [0.4, 0.5) is 0 Å². The first-order chi connectivity index (χ1) is 12.9. The number of amides is 1. The molecule has 144 valence electrons. The molecule has 1 saturated heterocycles. The maximum absolute atomic E-state index is 13.0. The van der Waals surface area contributed by atoms with Crippen molar-refractivity contribution in [3.63, 3.8) is 0 Å². The molecule has 3 rings (SSSR count). The smallest absolute Gasteiger partial charge is 0.251 e. The molecule has 0 aliphatic carbocycles. The second-order valence-corrected chi connectivity index (χ2v) is 9.11. The number of piperidine rings is 1. The lowest BCUT2D eigenvalue weighted by atomic mass is 10.0. The van der Waals surface area contributed by atoms with E-state index in [2.05, 4.69) is 10.3 Å². The zero-order valence-corrected chi connectivity index (χ0v) is 16.6. The van der Waals surface area contributed by atoms with Crippen molar-refractivity contribution in [2.75, 3.05) is 13.1 Å². The highest BCUT2D eigenvalue weighted by atomic mass is 35.5. The Labute approximate surface area is 164 Å². The number of hydrogen-bond donors (Lipinski definition) is 1. The fourth-order valence-electron chi connectivity index (χ4n) is 3.13. The van der Waals surface area contributed by atoms with E-state index >= 15 is 0 Å². The third-order valence-corrected chi connectivity index (χ3v) is 6.98. The highest BCUT2D eigenvalue weighted by molar-refractivity contribution is 7.89. The molecule has 1 aliphatic rings. The highest BCUT2D eigenvalue weighted by Gasteiger charge is 2.30. The number of carbonyl (C=O) groups excluding carboxylic acids is 1. The van der Waals surface area contributed by atoms with Crippen LogP contribution in [0.1, 0.15) is 35.7 Å². The van der Waals surface area contributed by atoms with Gasteiger partial charge in [0.25, 0.3) is 5.91 Å². The van der Waals surface area contributed by atoms with Crippen LogP contribution < -0.4 is 5.32 Å². The zero-order valence-electron chi connectivity index (χ0n) is 15.1. The van der Waals surface area contributed by atoms with Gasteiger partial charge in [-0.15, -0.1) is 0 Å². The van der Waals surface area contributed by atoms with Gasteiger partial charge in [0.1, 0.15) is 4.90 Å². The summed E-state index contributed by atoms with van der Waals surface area (Å²) in [6.07, 6.45) is 5.13. The van der Waals surface area contributed by atoms with Crippen molar-refractivity contribution in [1.29, 1.82) is 0 Å². The first-order valence-electron chi connectivity index (χ1n) is 8.84. The number of nitrogens with zero attached hydrogens (tertiary/aromatic N) is 2. The molecule has 0 radical (unpaired) electrons. The lowest BCUT2D eigenvalue weighted by molar-refractivity contribution is 0.0950. The lowest BCUT2D eigenvalue weighted by Gasteiger charge is -2.30. The Kier molecular flexibility index (Phi) is 6.14. The second kappa shape index (κ2) is 8.37. The third kappa shape index (κ3) is 4.66. The molecule has 1 atom stereocenters. The number of pyridine rings is 1. The van der Waals surface area contributed by atoms with Crippen molar-refractivity contribution in [2.24, 2.45) is 5.92 Å². The number of nitrogens with one attached hydrogen (secondary N) is 1. The first kappa shape index (κ1) is 19.8. The predicted molar refractivity (Wildman–Crippen MR) is 104 cm³/mol. The molecule has 2 aromatic rings. The van der Waals surface area contributed by atoms with E-state index in [0.717, 1.165) is 18.4 Å². The molecule has 0 saturated carbocycles. The zero-order chi connectivity index (χ0) is 19.4. The quantitative estimate of drug-likeness (QED) is 0.825. The van der Waals surface area contributed by atoms with E-state index in [1.807, 2.05) is 6.92 Å². The van der Waals surface area contributed by atoms with Gasteiger partial charge in [-0.05, 0) is 54.7 Å². The molecule has 1 aromatic carbocycles. The number of sulfonamides is 1. The maximum atomic E-state index is 13.0. The number of hydrogen-bond acceptors (Lipinski definition) is 4. The molecular weight excluding hydrogens is 386 g/mol. The Morgan fingerprint density at radius 3 is 2.74 bits per heavy atom. The van der Waals surface area contributed by atoms with Gasteiger partial charge >= 0.3 is 0 Å². The van der Waals surface area contributed by atoms with Crippen molar-refractivity contribution in [3.8, 4) is 0 Å². The predicted octanol–water partition coefficient (Wildman–Crippen LogP) is 3.09. The van der Waals surface area contributed by atoms with Crippen molar-refractivity contribution < 1.29 is 13.2 Å². The molecule has 0 spiro atoms. The molecule has 1 fully saturated rings. The first-order valence-corrected chi connectivity index (χ1v) is 10.7. The standard InChI is InChI=1S/C19H22ClN3O3S/c1-14-3-2-10-23(13-14)27(25,26)18-11-16(4-5-17(18)20)19(24)22-12-15-6-8-21-9-7-15/h4-9,11,14H,2-3,10,12-13H2,1H3,(H,22,24). The van der Waals surface area contributed by atoms with Crippen LogP contribution in [0.25, 0.3) is 0 Å². The van der Waals surface area contributed by atoms with E-state index in [9.17, 15) is 13.2 Å². The Morgan fingerprint density at radius 2 is 2.04 bits per heavy atom. The van der Waals surface area contributed by atoms with E-state index in [1.54, 1.807) is 24.5 Å². The van der Waals surface area contributed by atoms with Gasteiger partial charge in [-0.1, -0.05) is 18.5 Å². The van der Waals surface area contributed by atoms with Crippen molar-refractivity contribution in [3.05, 3.63) is 58.9 Å². The summed E-state index contributed by atoms with van der Waals surface area (Å²) in [6.45, 7) is 3.31. The minimum absolute atomic E-state index is 0.0187. The molecule has 27 heavy (non-hydrogen) atoms. The topological polar surface area (TPSA) is 79.4 Å². The summed E-state index contributed by atoms with van der Waals surface area (Å²) >= 11 is 6.17. The minimum Gasteiger partial charge on any atom is -0.348 e. The van der Waals surface area contributed by atoms with Gasteiger partial charge in [0, 0.05) is 37.6 Å². The van der Waals surface area contributed by atoms with Gasteiger partial charge in [-0.25, -0.2) is 8.42 Å². The second-order valence-electron chi connectivity index (χ2n) is 6.79. The Balaban J connectivity index is 1.80. The average Bonchev–Trinajstić information content (AvgIpc) is 2.67. The van der Waals surface area contributed by atoms with Crippen molar-refractivity contribution in [1.82, 2.24) is 14.6 Å².